The zero-order valence-corrected chi connectivity index (χ0v) is 14.1. The maximum atomic E-state index is 12.1. The molecule has 136 valence electrons. The van der Waals surface area contributed by atoms with Crippen molar-refractivity contribution in [2.75, 3.05) is 25.5 Å². The summed E-state index contributed by atoms with van der Waals surface area (Å²) < 4.78 is 5.09. The van der Waals surface area contributed by atoms with Gasteiger partial charge < -0.3 is 15.2 Å². The molecule has 9 nitrogen and oxygen atoms in total. The average molecular weight is 349 g/mol. The molecule has 1 aromatic heterocycles. The third-order valence-electron chi connectivity index (χ3n) is 4.62. The van der Waals surface area contributed by atoms with Crippen LogP contribution in [0.1, 0.15) is 25.7 Å². The lowest BCUT2D eigenvalue weighted by molar-refractivity contribution is -0.139. The number of aliphatic carboxylic acids is 1. The van der Waals surface area contributed by atoms with Crippen molar-refractivity contribution in [1.29, 1.82) is 0 Å². The zero-order chi connectivity index (χ0) is 17.8. The molecule has 0 bridgehead atoms. The van der Waals surface area contributed by atoms with Gasteiger partial charge in [-0.3, -0.25) is 15.0 Å². The van der Waals surface area contributed by atoms with E-state index in [4.69, 9.17) is 9.84 Å². The van der Waals surface area contributed by atoms with Crippen molar-refractivity contribution < 1.29 is 19.4 Å². The number of ether oxygens (including phenoxy) is 1. The second kappa shape index (κ2) is 7.64. The minimum absolute atomic E-state index is 0.0355. The summed E-state index contributed by atoms with van der Waals surface area (Å²) in [6.45, 7) is 0.909. The zero-order valence-electron chi connectivity index (χ0n) is 14.1. The Balaban J connectivity index is 1.45. The molecule has 0 spiro atoms. The number of rotatable bonds is 8. The summed E-state index contributed by atoms with van der Waals surface area (Å²) in [4.78, 5) is 33.0. The smallest absolute Gasteiger partial charge is 0.320 e. The van der Waals surface area contributed by atoms with Gasteiger partial charge in [0.1, 0.15) is 6.33 Å². The van der Waals surface area contributed by atoms with Crippen LogP contribution in [0.5, 0.6) is 5.75 Å². The van der Waals surface area contributed by atoms with Crippen molar-refractivity contribution in [1.82, 2.24) is 20.2 Å². The first-order chi connectivity index (χ1) is 12.0. The molecule has 2 saturated carbocycles. The average Bonchev–Trinajstić information content (AvgIpc) is 3.34. The minimum atomic E-state index is -0.800. The van der Waals surface area contributed by atoms with Gasteiger partial charge >= 0.3 is 12.0 Å². The number of carboxylic acid groups (broad SMARTS) is 1. The summed E-state index contributed by atoms with van der Waals surface area (Å²) in [5.41, 5.74) is 0. The molecule has 9 heteroatoms. The van der Waals surface area contributed by atoms with E-state index in [0.717, 1.165) is 19.4 Å². The molecule has 0 saturated heterocycles. The van der Waals surface area contributed by atoms with Crippen LogP contribution in [0, 0.1) is 5.92 Å². The highest BCUT2D eigenvalue weighted by Gasteiger charge is 2.37. The van der Waals surface area contributed by atoms with Crippen molar-refractivity contribution in [3.63, 3.8) is 0 Å². The predicted molar refractivity (Wildman–Crippen MR) is 89.5 cm³/mol. The second-order valence-corrected chi connectivity index (χ2v) is 6.63. The number of amides is 2. The number of nitrogens with one attached hydrogen (secondary N) is 2. The Labute approximate surface area is 145 Å². The predicted octanol–water partition coefficient (Wildman–Crippen LogP) is 0.934. The summed E-state index contributed by atoms with van der Waals surface area (Å²) in [5, 5.41) is 14.6. The Bertz CT molecular complexity index is 631. The number of nitrogens with zero attached hydrogens (tertiary/aromatic N) is 3. The summed E-state index contributed by atoms with van der Waals surface area (Å²) in [5.74, 6) is 0.541. The lowest BCUT2D eigenvalue weighted by Crippen LogP contribution is -2.55. The Kier molecular flexibility index (Phi) is 5.32. The van der Waals surface area contributed by atoms with E-state index < -0.39 is 5.97 Å². The Hall–Kier alpha value is -2.42. The SMILES string of the molecule is COc1cncnc1NC(=O)NC1CC(N(CC(=O)O)CC2CC2)C1. The summed E-state index contributed by atoms with van der Waals surface area (Å²) in [7, 11) is 1.48. The van der Waals surface area contributed by atoms with Gasteiger partial charge in [0.15, 0.2) is 11.6 Å². The van der Waals surface area contributed by atoms with Gasteiger partial charge in [0.05, 0.1) is 19.9 Å². The fraction of sp³-hybridized carbons (Fsp3) is 0.625. The van der Waals surface area contributed by atoms with Gasteiger partial charge in [-0.25, -0.2) is 14.8 Å². The largest absolute Gasteiger partial charge is 0.491 e. The van der Waals surface area contributed by atoms with Gasteiger partial charge in [0.2, 0.25) is 0 Å². The quantitative estimate of drug-likeness (QED) is 0.639. The Morgan fingerprint density at radius 2 is 2.16 bits per heavy atom. The van der Waals surface area contributed by atoms with Gasteiger partial charge in [-0.1, -0.05) is 0 Å². The molecular formula is C16H23N5O4. The van der Waals surface area contributed by atoms with E-state index in [1.54, 1.807) is 0 Å². The van der Waals surface area contributed by atoms with Crippen molar-refractivity contribution in [3.05, 3.63) is 12.5 Å². The van der Waals surface area contributed by atoms with Gasteiger partial charge in [-0.05, 0) is 31.6 Å². The van der Waals surface area contributed by atoms with E-state index in [9.17, 15) is 9.59 Å². The van der Waals surface area contributed by atoms with Crippen molar-refractivity contribution in [3.8, 4) is 5.75 Å². The van der Waals surface area contributed by atoms with E-state index in [2.05, 4.69) is 20.6 Å². The number of anilines is 1. The molecule has 1 heterocycles. The number of carbonyl (C=O) groups is 2. The molecule has 0 unspecified atom stereocenters. The van der Waals surface area contributed by atoms with Crippen LogP contribution in [-0.2, 0) is 4.79 Å². The third-order valence-corrected chi connectivity index (χ3v) is 4.62. The first-order valence-electron chi connectivity index (χ1n) is 8.42. The summed E-state index contributed by atoms with van der Waals surface area (Å²) >= 11 is 0. The van der Waals surface area contributed by atoms with Crippen LogP contribution in [0.15, 0.2) is 12.5 Å². The van der Waals surface area contributed by atoms with Crippen LogP contribution in [0.2, 0.25) is 0 Å². The summed E-state index contributed by atoms with van der Waals surface area (Å²) in [6, 6.07) is -0.101. The van der Waals surface area contributed by atoms with Crippen LogP contribution in [-0.4, -0.2) is 64.3 Å². The van der Waals surface area contributed by atoms with Gasteiger partial charge in [0, 0.05) is 18.6 Å². The molecular weight excluding hydrogens is 326 g/mol. The lowest BCUT2D eigenvalue weighted by Gasteiger charge is -2.42. The highest BCUT2D eigenvalue weighted by Crippen LogP contribution is 2.33. The van der Waals surface area contributed by atoms with Gasteiger partial charge in [-0.2, -0.15) is 0 Å². The fourth-order valence-corrected chi connectivity index (χ4v) is 3.04. The van der Waals surface area contributed by atoms with E-state index in [1.165, 1.54) is 32.5 Å². The van der Waals surface area contributed by atoms with Crippen molar-refractivity contribution in [2.24, 2.45) is 5.92 Å². The number of hydrogen-bond acceptors (Lipinski definition) is 6. The molecule has 2 aliphatic carbocycles. The fourth-order valence-electron chi connectivity index (χ4n) is 3.04. The molecule has 1 aromatic rings. The number of methoxy groups -OCH3 is 1. The van der Waals surface area contributed by atoms with Crippen LogP contribution in [0.3, 0.4) is 0 Å². The van der Waals surface area contributed by atoms with Crippen LogP contribution < -0.4 is 15.4 Å². The Morgan fingerprint density at radius 3 is 2.80 bits per heavy atom. The van der Waals surface area contributed by atoms with E-state index >= 15 is 0 Å². The monoisotopic (exact) mass is 349 g/mol. The highest BCUT2D eigenvalue weighted by molar-refractivity contribution is 5.89. The number of aromatic nitrogens is 2. The van der Waals surface area contributed by atoms with E-state index in [0.29, 0.717) is 17.5 Å². The molecule has 25 heavy (non-hydrogen) atoms. The first kappa shape index (κ1) is 17.4. The van der Waals surface area contributed by atoms with E-state index in [-0.39, 0.29) is 24.7 Å². The summed E-state index contributed by atoms with van der Waals surface area (Å²) in [6.07, 6.45) is 6.70. The lowest BCUT2D eigenvalue weighted by atomic mass is 9.85. The maximum Gasteiger partial charge on any atom is 0.320 e. The van der Waals surface area contributed by atoms with Gasteiger partial charge in [0.25, 0.3) is 0 Å². The van der Waals surface area contributed by atoms with Crippen LogP contribution >= 0.6 is 0 Å². The topological polar surface area (TPSA) is 117 Å². The van der Waals surface area contributed by atoms with Gasteiger partial charge in [-0.15, -0.1) is 0 Å². The minimum Gasteiger partial charge on any atom is -0.491 e. The molecule has 2 fully saturated rings. The Morgan fingerprint density at radius 1 is 1.40 bits per heavy atom. The van der Waals surface area contributed by atoms with Crippen LogP contribution in [0.4, 0.5) is 10.6 Å². The molecule has 3 N–H and O–H groups in total. The number of urea groups is 1. The number of carboxylic acids is 1. The number of carbonyl (C=O) groups excluding carboxylic acids is 1. The van der Waals surface area contributed by atoms with Crippen LogP contribution in [0.25, 0.3) is 0 Å². The molecule has 3 rings (SSSR count). The standard InChI is InChI=1S/C16H23N5O4/c1-25-13-6-17-9-18-15(13)20-16(24)19-11-4-12(5-11)21(8-14(22)23)7-10-2-3-10/h6,9-12H,2-5,7-8H2,1H3,(H,22,23)(H2,17,18,19,20,24). The molecule has 0 atom stereocenters. The molecule has 2 aliphatic rings. The normalized spacial score (nSPS) is 22.2. The first-order valence-corrected chi connectivity index (χ1v) is 8.42. The molecule has 0 aliphatic heterocycles. The molecule has 0 radical (unpaired) electrons. The van der Waals surface area contributed by atoms with Crippen molar-refractivity contribution in [2.45, 2.75) is 37.8 Å². The van der Waals surface area contributed by atoms with E-state index in [1.807, 2.05) is 4.90 Å². The molecule has 0 aromatic carbocycles. The number of hydrogen-bond donors (Lipinski definition) is 3. The second-order valence-electron chi connectivity index (χ2n) is 6.63. The maximum absolute atomic E-state index is 12.1. The third kappa shape index (κ3) is 4.79. The highest BCUT2D eigenvalue weighted by atomic mass is 16.5. The molecule has 2 amide bonds. The van der Waals surface area contributed by atoms with Crippen molar-refractivity contribution >= 4 is 17.8 Å².